The Morgan fingerprint density at radius 3 is 2.24 bits per heavy atom. The van der Waals surface area contributed by atoms with E-state index in [0.717, 1.165) is 12.1 Å². The van der Waals surface area contributed by atoms with Crippen molar-refractivity contribution in [2.24, 2.45) is 11.8 Å². The molecule has 5 heteroatoms. The zero-order valence-electron chi connectivity index (χ0n) is 16.2. The highest BCUT2D eigenvalue weighted by molar-refractivity contribution is 5.67. The molecule has 0 aromatic heterocycles. The van der Waals surface area contributed by atoms with E-state index >= 15 is 0 Å². The fourth-order valence-electron chi connectivity index (χ4n) is 2.36. The van der Waals surface area contributed by atoms with Gasteiger partial charge in [0.15, 0.2) is 0 Å². The smallest absolute Gasteiger partial charge is 0.407 e. The summed E-state index contributed by atoms with van der Waals surface area (Å²) in [4.78, 5) is 11.8. The molecule has 0 bridgehead atoms. The van der Waals surface area contributed by atoms with Crippen LogP contribution in [0.1, 0.15) is 58.7 Å². The number of benzene rings is 1. The second-order valence-electron chi connectivity index (χ2n) is 7.75. The van der Waals surface area contributed by atoms with Crippen LogP contribution in [-0.2, 0) is 4.74 Å². The van der Waals surface area contributed by atoms with E-state index in [-0.39, 0.29) is 12.1 Å². The van der Waals surface area contributed by atoms with E-state index in [4.69, 9.17) is 10.00 Å². The van der Waals surface area contributed by atoms with Crippen molar-refractivity contribution in [3.05, 3.63) is 35.4 Å². The summed E-state index contributed by atoms with van der Waals surface area (Å²) in [6.45, 7) is 13.3. The fourth-order valence-corrected chi connectivity index (χ4v) is 2.36. The number of amides is 1. The Hall–Kier alpha value is -2.06. The van der Waals surface area contributed by atoms with E-state index in [2.05, 4.69) is 37.5 Å². The summed E-state index contributed by atoms with van der Waals surface area (Å²) in [5.74, 6) is 0.726. The molecule has 0 aliphatic rings. The zero-order valence-corrected chi connectivity index (χ0v) is 16.2. The number of rotatable bonds is 7. The van der Waals surface area contributed by atoms with Gasteiger partial charge >= 0.3 is 6.09 Å². The molecule has 1 amide bonds. The van der Waals surface area contributed by atoms with Gasteiger partial charge in [-0.25, -0.2) is 4.79 Å². The van der Waals surface area contributed by atoms with Gasteiger partial charge < -0.3 is 15.4 Å². The van der Waals surface area contributed by atoms with Crippen LogP contribution in [0, 0.1) is 23.2 Å². The number of carbonyl (C=O) groups excluding carboxylic acids is 1. The van der Waals surface area contributed by atoms with Crippen molar-refractivity contribution >= 4 is 6.09 Å². The molecule has 0 spiro atoms. The molecule has 1 aromatic rings. The topological polar surface area (TPSA) is 74.2 Å². The largest absolute Gasteiger partial charge is 0.444 e. The minimum absolute atomic E-state index is 0.176. The first kappa shape index (κ1) is 21.0. The quantitative estimate of drug-likeness (QED) is 0.783. The van der Waals surface area contributed by atoms with Crippen LogP contribution in [0.15, 0.2) is 24.3 Å². The highest BCUT2D eigenvalue weighted by Gasteiger charge is 2.19. The van der Waals surface area contributed by atoms with Gasteiger partial charge in [0, 0.05) is 19.1 Å². The second-order valence-corrected chi connectivity index (χ2v) is 7.75. The lowest BCUT2D eigenvalue weighted by molar-refractivity contribution is 0.0514. The Morgan fingerprint density at radius 1 is 1.16 bits per heavy atom. The SMILES string of the molecule is CC(NCC(CNC(=O)OC(C)(C)C)C(C)C)c1ccc(C#N)cc1. The molecule has 1 aromatic carbocycles. The molecule has 5 nitrogen and oxygen atoms in total. The molecule has 0 saturated carbocycles. The first-order chi connectivity index (χ1) is 11.6. The fraction of sp³-hybridized carbons (Fsp3) is 0.600. The average Bonchev–Trinajstić information content (AvgIpc) is 2.52. The lowest BCUT2D eigenvalue weighted by Crippen LogP contribution is -2.40. The number of hydrogen-bond acceptors (Lipinski definition) is 4. The number of hydrogen-bond donors (Lipinski definition) is 2. The molecule has 0 aliphatic carbocycles. The second kappa shape index (κ2) is 9.43. The third-order valence-corrected chi connectivity index (χ3v) is 4.08. The maximum absolute atomic E-state index is 11.8. The van der Waals surface area contributed by atoms with Crippen LogP contribution in [0.5, 0.6) is 0 Å². The summed E-state index contributed by atoms with van der Waals surface area (Å²) >= 11 is 0. The minimum atomic E-state index is -0.486. The molecule has 1 rings (SSSR count). The maximum atomic E-state index is 11.8. The maximum Gasteiger partial charge on any atom is 0.407 e. The van der Waals surface area contributed by atoms with Crippen LogP contribution in [0.25, 0.3) is 0 Å². The molecule has 0 heterocycles. The molecular weight excluding hydrogens is 314 g/mol. The molecule has 2 N–H and O–H groups in total. The van der Waals surface area contributed by atoms with Gasteiger partial charge in [0.1, 0.15) is 5.60 Å². The van der Waals surface area contributed by atoms with Gasteiger partial charge in [0.05, 0.1) is 11.6 Å². The lowest BCUT2D eigenvalue weighted by atomic mass is 9.95. The minimum Gasteiger partial charge on any atom is -0.444 e. The van der Waals surface area contributed by atoms with Crippen molar-refractivity contribution in [1.82, 2.24) is 10.6 Å². The van der Waals surface area contributed by atoms with Gasteiger partial charge in [-0.2, -0.15) is 5.26 Å². The highest BCUT2D eigenvalue weighted by Crippen LogP contribution is 2.16. The Kier molecular flexibility index (Phi) is 7.92. The van der Waals surface area contributed by atoms with Crippen LogP contribution >= 0.6 is 0 Å². The molecular formula is C20H31N3O2. The predicted molar refractivity (Wildman–Crippen MR) is 100 cm³/mol. The van der Waals surface area contributed by atoms with Crippen LogP contribution in [0.4, 0.5) is 4.79 Å². The number of nitrogens with zero attached hydrogens (tertiary/aromatic N) is 1. The molecule has 0 radical (unpaired) electrons. The normalized spacial score (nSPS) is 13.8. The van der Waals surface area contributed by atoms with Crippen molar-refractivity contribution in [3.63, 3.8) is 0 Å². The van der Waals surface area contributed by atoms with E-state index in [9.17, 15) is 4.79 Å². The van der Waals surface area contributed by atoms with E-state index < -0.39 is 5.60 Å². The molecule has 25 heavy (non-hydrogen) atoms. The number of nitriles is 1. The first-order valence-corrected chi connectivity index (χ1v) is 8.82. The van der Waals surface area contributed by atoms with E-state index in [1.165, 1.54) is 0 Å². The average molecular weight is 345 g/mol. The molecule has 0 fully saturated rings. The zero-order chi connectivity index (χ0) is 19.0. The van der Waals surface area contributed by atoms with Crippen LogP contribution in [0.3, 0.4) is 0 Å². The van der Waals surface area contributed by atoms with Crippen molar-refractivity contribution in [3.8, 4) is 6.07 Å². The summed E-state index contributed by atoms with van der Waals surface area (Å²) in [5.41, 5.74) is 1.32. The van der Waals surface area contributed by atoms with Gasteiger partial charge in [0.25, 0.3) is 0 Å². The van der Waals surface area contributed by atoms with Gasteiger partial charge in [-0.1, -0.05) is 26.0 Å². The third-order valence-electron chi connectivity index (χ3n) is 4.08. The molecule has 138 valence electrons. The molecule has 0 aliphatic heterocycles. The van der Waals surface area contributed by atoms with Crippen molar-refractivity contribution in [2.75, 3.05) is 13.1 Å². The summed E-state index contributed by atoms with van der Waals surface area (Å²) in [7, 11) is 0. The predicted octanol–water partition coefficient (Wildman–Crippen LogP) is 4.01. The van der Waals surface area contributed by atoms with E-state index in [1.807, 2.05) is 45.0 Å². The summed E-state index contributed by atoms with van der Waals surface area (Å²) in [5, 5.41) is 15.2. The number of nitrogens with one attached hydrogen (secondary N) is 2. The monoisotopic (exact) mass is 345 g/mol. The Morgan fingerprint density at radius 2 is 1.76 bits per heavy atom. The number of ether oxygens (including phenoxy) is 1. The van der Waals surface area contributed by atoms with Crippen LogP contribution in [-0.4, -0.2) is 24.8 Å². The van der Waals surface area contributed by atoms with E-state index in [1.54, 1.807) is 0 Å². The highest BCUT2D eigenvalue weighted by atomic mass is 16.6. The molecule has 0 saturated heterocycles. The van der Waals surface area contributed by atoms with Crippen LogP contribution < -0.4 is 10.6 Å². The Labute approximate surface area is 151 Å². The number of carbonyl (C=O) groups is 1. The first-order valence-electron chi connectivity index (χ1n) is 8.82. The number of alkyl carbamates (subject to hydrolysis) is 1. The summed E-state index contributed by atoms with van der Waals surface area (Å²) in [6.07, 6.45) is -0.377. The Balaban J connectivity index is 2.51. The van der Waals surface area contributed by atoms with Gasteiger partial charge in [-0.05, 0) is 57.2 Å². The summed E-state index contributed by atoms with van der Waals surface area (Å²) < 4.78 is 5.29. The van der Waals surface area contributed by atoms with Gasteiger partial charge in [0.2, 0.25) is 0 Å². The summed E-state index contributed by atoms with van der Waals surface area (Å²) in [6, 6.07) is 9.91. The standard InChI is InChI=1S/C20H31N3O2/c1-14(2)18(13-23-19(24)25-20(4,5)6)12-22-15(3)17-9-7-16(11-21)8-10-17/h7-10,14-15,18,22H,12-13H2,1-6H3,(H,23,24). The van der Waals surface area contributed by atoms with Gasteiger partial charge in [-0.15, -0.1) is 0 Å². The van der Waals surface area contributed by atoms with Crippen molar-refractivity contribution in [2.45, 2.75) is 53.2 Å². The lowest BCUT2D eigenvalue weighted by Gasteiger charge is -2.25. The third kappa shape index (κ3) is 8.04. The van der Waals surface area contributed by atoms with Gasteiger partial charge in [-0.3, -0.25) is 0 Å². The Bertz CT molecular complexity index is 582. The van der Waals surface area contributed by atoms with Crippen molar-refractivity contribution < 1.29 is 9.53 Å². The van der Waals surface area contributed by atoms with Crippen molar-refractivity contribution in [1.29, 1.82) is 5.26 Å². The van der Waals surface area contributed by atoms with E-state index in [0.29, 0.717) is 23.9 Å². The van der Waals surface area contributed by atoms with Crippen LogP contribution in [0.2, 0.25) is 0 Å². The molecule has 2 atom stereocenters. The molecule has 2 unspecified atom stereocenters.